The van der Waals surface area contributed by atoms with Crippen molar-refractivity contribution in [2.45, 2.75) is 25.7 Å². The highest BCUT2D eigenvalue weighted by Crippen LogP contribution is 2.32. The number of hydrogen-bond donors (Lipinski definition) is 0. The van der Waals surface area contributed by atoms with Crippen LogP contribution >= 0.6 is 12.4 Å². The van der Waals surface area contributed by atoms with Gasteiger partial charge in [-0.1, -0.05) is 24.3 Å². The highest BCUT2D eigenvalue weighted by Gasteiger charge is 2.31. The van der Waals surface area contributed by atoms with Crippen molar-refractivity contribution in [2.75, 3.05) is 19.6 Å². The van der Waals surface area contributed by atoms with Gasteiger partial charge in [0, 0.05) is 30.0 Å². The van der Waals surface area contributed by atoms with Gasteiger partial charge in [-0.05, 0) is 55.7 Å². The molecule has 2 aromatic rings. The molecule has 1 aliphatic heterocycles. The predicted octanol–water partition coefficient (Wildman–Crippen LogP) is 4.71. The summed E-state index contributed by atoms with van der Waals surface area (Å²) in [4.78, 5) is 15.5. The quantitative estimate of drug-likeness (QED) is 0.747. The monoisotopic (exact) mass is 347 g/mol. The number of fused-ring (bicyclic) bond motifs is 1. The van der Waals surface area contributed by atoms with Crippen LogP contribution in [0.3, 0.4) is 0 Å². The summed E-state index contributed by atoms with van der Waals surface area (Å²) in [6.07, 6.45) is 4.73. The van der Waals surface area contributed by atoms with Crippen LogP contribution in [-0.2, 0) is 0 Å². The van der Waals surface area contributed by atoms with Crippen LogP contribution in [0.2, 0.25) is 0 Å². The van der Waals surface area contributed by atoms with Crippen molar-refractivity contribution in [3.8, 4) is 0 Å². The van der Waals surface area contributed by atoms with Crippen LogP contribution in [0.15, 0.2) is 36.4 Å². The molecule has 1 unspecified atom stereocenters. The molecule has 1 atom stereocenters. The average molecular weight is 348 g/mol. The van der Waals surface area contributed by atoms with Crippen molar-refractivity contribution in [2.24, 2.45) is 11.8 Å². The molecule has 0 amide bonds. The fraction of sp³-hybridized carbons (Fsp3) is 0.450. The Bertz CT molecular complexity index is 743. The summed E-state index contributed by atoms with van der Waals surface area (Å²) in [6.45, 7) is 3.12. The molecule has 4 rings (SSSR count). The number of carbonyl (C=O) groups is 1. The first-order chi connectivity index (χ1) is 11.2. The molecule has 0 radical (unpaired) electrons. The van der Waals surface area contributed by atoms with Crippen LogP contribution in [0.5, 0.6) is 0 Å². The summed E-state index contributed by atoms with van der Waals surface area (Å²) in [5.74, 6) is 0.838. The van der Waals surface area contributed by atoms with Gasteiger partial charge in [0.05, 0.1) is 0 Å². The molecule has 2 aromatic carbocycles. The molecule has 2 nitrogen and oxygen atoms in total. The molecule has 24 heavy (non-hydrogen) atoms. The zero-order valence-corrected chi connectivity index (χ0v) is 14.5. The second-order valence-electron chi connectivity index (χ2n) is 7.05. The van der Waals surface area contributed by atoms with Crippen LogP contribution in [0.4, 0.5) is 4.39 Å². The third-order valence-corrected chi connectivity index (χ3v) is 5.23. The molecule has 1 saturated carbocycles. The van der Waals surface area contributed by atoms with E-state index < -0.39 is 0 Å². The highest BCUT2D eigenvalue weighted by atomic mass is 35.5. The second kappa shape index (κ2) is 7.20. The van der Waals surface area contributed by atoms with Gasteiger partial charge in [0.25, 0.3) is 0 Å². The standard InChI is InChI=1S/C20H22FNO.ClH/c21-19-10-9-18(16-5-1-2-6-17(16)19)20(23)15-4-3-11-22(13-15)12-14-7-8-14;/h1-2,5-6,9-10,14-15H,3-4,7-8,11-13H2;1H. The normalized spacial score (nSPS) is 21.5. The molecule has 0 N–H and O–H groups in total. The van der Waals surface area contributed by atoms with E-state index in [4.69, 9.17) is 0 Å². The molecule has 1 heterocycles. The van der Waals surface area contributed by atoms with Gasteiger partial charge in [-0.2, -0.15) is 0 Å². The Hall–Kier alpha value is -1.45. The van der Waals surface area contributed by atoms with E-state index in [-0.39, 0.29) is 29.9 Å². The number of Topliss-reactive ketones (excluding diaryl/α,β-unsaturated/α-hetero) is 1. The molecule has 2 fully saturated rings. The minimum absolute atomic E-state index is 0. The Kier molecular flexibility index (Phi) is 5.21. The maximum atomic E-state index is 14.0. The fourth-order valence-corrected chi connectivity index (χ4v) is 3.80. The summed E-state index contributed by atoms with van der Waals surface area (Å²) in [6, 6.07) is 10.4. The second-order valence-corrected chi connectivity index (χ2v) is 7.05. The molecule has 0 bridgehead atoms. The minimum Gasteiger partial charge on any atom is -0.302 e. The number of nitrogens with zero attached hydrogens (tertiary/aromatic N) is 1. The topological polar surface area (TPSA) is 20.3 Å². The highest BCUT2D eigenvalue weighted by molar-refractivity contribution is 6.09. The third kappa shape index (κ3) is 3.47. The molecule has 2 aliphatic rings. The lowest BCUT2D eigenvalue weighted by Gasteiger charge is -2.32. The number of ketones is 1. The smallest absolute Gasteiger partial charge is 0.167 e. The number of rotatable bonds is 4. The van der Waals surface area contributed by atoms with Gasteiger partial charge in [0.2, 0.25) is 0 Å². The van der Waals surface area contributed by atoms with Gasteiger partial charge in [0.1, 0.15) is 5.82 Å². The SMILES string of the molecule is Cl.O=C(c1ccc(F)c2ccccc12)C1CCCN(CC2CC2)C1. The van der Waals surface area contributed by atoms with E-state index in [0.29, 0.717) is 10.9 Å². The van der Waals surface area contributed by atoms with Crippen LogP contribution in [0.25, 0.3) is 10.8 Å². The summed E-state index contributed by atoms with van der Waals surface area (Å²) in [7, 11) is 0. The van der Waals surface area contributed by atoms with Crippen molar-refractivity contribution in [1.82, 2.24) is 4.90 Å². The fourth-order valence-electron chi connectivity index (χ4n) is 3.80. The van der Waals surface area contributed by atoms with Crippen molar-refractivity contribution in [3.05, 3.63) is 47.8 Å². The van der Waals surface area contributed by atoms with Crippen LogP contribution in [0, 0.1) is 17.7 Å². The van der Waals surface area contributed by atoms with E-state index >= 15 is 0 Å². The van der Waals surface area contributed by atoms with Crippen molar-refractivity contribution < 1.29 is 9.18 Å². The summed E-state index contributed by atoms with van der Waals surface area (Å²) in [5.41, 5.74) is 0.681. The van der Waals surface area contributed by atoms with Crippen molar-refractivity contribution in [3.63, 3.8) is 0 Å². The van der Waals surface area contributed by atoms with Crippen LogP contribution in [-0.4, -0.2) is 30.3 Å². The van der Waals surface area contributed by atoms with E-state index in [9.17, 15) is 9.18 Å². The first-order valence-corrected chi connectivity index (χ1v) is 8.66. The lowest BCUT2D eigenvalue weighted by atomic mass is 9.87. The molecule has 1 aliphatic carbocycles. The van der Waals surface area contributed by atoms with E-state index in [1.807, 2.05) is 18.2 Å². The molecular formula is C20H23ClFNO. The minimum atomic E-state index is -0.254. The Morgan fingerprint density at radius 1 is 1.08 bits per heavy atom. The molecule has 0 aromatic heterocycles. The van der Waals surface area contributed by atoms with Crippen LogP contribution in [0.1, 0.15) is 36.0 Å². The van der Waals surface area contributed by atoms with E-state index in [0.717, 1.165) is 43.8 Å². The first kappa shape index (κ1) is 17.4. The summed E-state index contributed by atoms with van der Waals surface area (Å²) in [5, 5.41) is 1.29. The van der Waals surface area contributed by atoms with Crippen molar-refractivity contribution in [1.29, 1.82) is 0 Å². The summed E-state index contributed by atoms with van der Waals surface area (Å²) < 4.78 is 14.0. The Balaban J connectivity index is 0.00000169. The predicted molar refractivity (Wildman–Crippen MR) is 97.4 cm³/mol. The maximum absolute atomic E-state index is 14.0. The summed E-state index contributed by atoms with van der Waals surface area (Å²) >= 11 is 0. The first-order valence-electron chi connectivity index (χ1n) is 8.66. The molecule has 0 spiro atoms. The number of piperidine rings is 1. The maximum Gasteiger partial charge on any atom is 0.167 e. The number of hydrogen-bond acceptors (Lipinski definition) is 2. The van der Waals surface area contributed by atoms with Gasteiger partial charge in [0.15, 0.2) is 5.78 Å². The van der Waals surface area contributed by atoms with E-state index in [2.05, 4.69) is 4.90 Å². The number of halogens is 2. The van der Waals surface area contributed by atoms with Crippen LogP contribution < -0.4 is 0 Å². The van der Waals surface area contributed by atoms with Gasteiger partial charge < -0.3 is 4.90 Å². The van der Waals surface area contributed by atoms with Crippen molar-refractivity contribution >= 4 is 29.0 Å². The Morgan fingerprint density at radius 3 is 2.58 bits per heavy atom. The van der Waals surface area contributed by atoms with Gasteiger partial charge in [-0.3, -0.25) is 4.79 Å². The largest absolute Gasteiger partial charge is 0.302 e. The molecule has 1 saturated heterocycles. The third-order valence-electron chi connectivity index (χ3n) is 5.23. The lowest BCUT2D eigenvalue weighted by Crippen LogP contribution is -2.39. The number of benzene rings is 2. The van der Waals surface area contributed by atoms with E-state index in [1.165, 1.54) is 18.9 Å². The van der Waals surface area contributed by atoms with Gasteiger partial charge in [-0.25, -0.2) is 4.39 Å². The zero-order valence-electron chi connectivity index (χ0n) is 13.7. The van der Waals surface area contributed by atoms with E-state index in [1.54, 1.807) is 12.1 Å². The molecular weight excluding hydrogens is 325 g/mol. The zero-order chi connectivity index (χ0) is 15.8. The van der Waals surface area contributed by atoms with Gasteiger partial charge >= 0.3 is 0 Å². The molecule has 4 heteroatoms. The Morgan fingerprint density at radius 2 is 1.83 bits per heavy atom. The molecule has 128 valence electrons. The lowest BCUT2D eigenvalue weighted by molar-refractivity contribution is 0.0816. The number of likely N-dealkylation sites (tertiary alicyclic amines) is 1. The number of carbonyl (C=O) groups excluding carboxylic acids is 1. The van der Waals surface area contributed by atoms with Gasteiger partial charge in [-0.15, -0.1) is 12.4 Å². The Labute approximate surface area is 148 Å². The average Bonchev–Trinajstić information content (AvgIpc) is 3.39.